The molecule has 0 unspecified atom stereocenters. The third-order valence-electron chi connectivity index (χ3n) is 4.84. The van der Waals surface area contributed by atoms with Gasteiger partial charge in [0.1, 0.15) is 6.10 Å². The summed E-state index contributed by atoms with van der Waals surface area (Å²) in [7, 11) is 0. The van der Waals surface area contributed by atoms with Crippen molar-refractivity contribution in [1.29, 1.82) is 0 Å². The normalized spacial score (nSPS) is 28.7. The lowest BCUT2D eigenvalue weighted by atomic mass is 10.0. The second-order valence-corrected chi connectivity index (χ2v) is 6.85. The molecule has 144 valence electrons. The van der Waals surface area contributed by atoms with Gasteiger partial charge in [-0.3, -0.25) is 14.4 Å². The number of fused-ring (bicyclic) bond motifs is 2. The molecule has 27 heavy (non-hydrogen) atoms. The SMILES string of the molecule is CC(=O)N[C@H]1C=C[C@@H]2[C@H](OC(C)=O)[C@@H](OCc3ccccc3)[C@H]1N2C(C)=O. The molecule has 1 fully saturated rings. The topological polar surface area (TPSA) is 84.9 Å². The molecule has 2 aliphatic rings. The zero-order valence-electron chi connectivity index (χ0n) is 15.6. The van der Waals surface area contributed by atoms with Crippen LogP contribution in [0.3, 0.4) is 0 Å². The lowest BCUT2D eigenvalue weighted by Crippen LogP contribution is -2.56. The van der Waals surface area contributed by atoms with E-state index in [1.54, 1.807) is 11.0 Å². The zero-order chi connectivity index (χ0) is 19.6. The average Bonchev–Trinajstić information content (AvgIpc) is 2.83. The van der Waals surface area contributed by atoms with E-state index < -0.39 is 36.3 Å². The van der Waals surface area contributed by atoms with E-state index in [4.69, 9.17) is 9.47 Å². The standard InChI is InChI=1S/C20H24N2O5/c1-12(23)21-16-9-10-17-19(27-14(3)25)20(18(16)22(17)13(2)24)26-11-15-7-5-4-6-8-15/h4-10,16-20H,11H2,1-3H3,(H,21,23)/t16-,17+,18-,19-,20-/m0/s1. The number of carbonyl (C=O) groups excluding carboxylic acids is 3. The minimum atomic E-state index is -0.630. The van der Waals surface area contributed by atoms with Crippen LogP contribution in [0.4, 0.5) is 0 Å². The molecule has 7 heteroatoms. The number of esters is 1. The second-order valence-electron chi connectivity index (χ2n) is 6.85. The molecule has 3 rings (SSSR count). The third-order valence-corrected chi connectivity index (χ3v) is 4.84. The molecule has 2 bridgehead atoms. The minimum Gasteiger partial charge on any atom is -0.457 e. The van der Waals surface area contributed by atoms with Crippen molar-refractivity contribution in [3.8, 4) is 0 Å². The molecule has 2 heterocycles. The fourth-order valence-corrected chi connectivity index (χ4v) is 3.91. The highest BCUT2D eigenvalue weighted by molar-refractivity contribution is 5.77. The lowest BCUT2D eigenvalue weighted by Gasteiger charge is -2.36. The third kappa shape index (κ3) is 4.03. The smallest absolute Gasteiger partial charge is 0.303 e. The molecule has 1 aromatic carbocycles. The van der Waals surface area contributed by atoms with Gasteiger partial charge in [-0.25, -0.2) is 0 Å². The zero-order valence-corrected chi connectivity index (χ0v) is 15.6. The molecule has 1 aromatic rings. The van der Waals surface area contributed by atoms with Crippen LogP contribution >= 0.6 is 0 Å². The van der Waals surface area contributed by atoms with Crippen LogP contribution < -0.4 is 5.32 Å². The molecular weight excluding hydrogens is 348 g/mol. The van der Waals surface area contributed by atoms with Crippen LogP contribution in [0.2, 0.25) is 0 Å². The van der Waals surface area contributed by atoms with Crippen molar-refractivity contribution in [3.63, 3.8) is 0 Å². The largest absolute Gasteiger partial charge is 0.457 e. The molecule has 5 atom stereocenters. The second kappa shape index (κ2) is 7.92. The molecule has 2 aliphatic heterocycles. The van der Waals surface area contributed by atoms with E-state index in [1.165, 1.54) is 20.8 Å². The first-order valence-electron chi connectivity index (χ1n) is 8.95. The first-order valence-corrected chi connectivity index (χ1v) is 8.95. The Kier molecular flexibility index (Phi) is 5.60. The van der Waals surface area contributed by atoms with Gasteiger partial charge in [-0.15, -0.1) is 0 Å². The van der Waals surface area contributed by atoms with Crippen LogP contribution in [0.25, 0.3) is 0 Å². The maximum Gasteiger partial charge on any atom is 0.303 e. The van der Waals surface area contributed by atoms with Gasteiger partial charge in [0.05, 0.1) is 24.7 Å². The van der Waals surface area contributed by atoms with Crippen LogP contribution in [-0.4, -0.2) is 53.0 Å². The number of nitrogens with one attached hydrogen (secondary N) is 1. The van der Waals surface area contributed by atoms with Crippen LogP contribution in [-0.2, 0) is 30.5 Å². The molecule has 0 spiro atoms. The molecule has 1 saturated heterocycles. The van der Waals surface area contributed by atoms with Gasteiger partial charge in [-0.2, -0.15) is 0 Å². The summed E-state index contributed by atoms with van der Waals surface area (Å²) in [5.41, 5.74) is 0.971. The van der Waals surface area contributed by atoms with E-state index in [2.05, 4.69) is 5.32 Å². The van der Waals surface area contributed by atoms with Crippen molar-refractivity contribution in [1.82, 2.24) is 10.2 Å². The van der Waals surface area contributed by atoms with Gasteiger partial charge in [0.25, 0.3) is 0 Å². The van der Waals surface area contributed by atoms with Gasteiger partial charge in [0, 0.05) is 20.8 Å². The highest BCUT2D eigenvalue weighted by atomic mass is 16.6. The first kappa shape index (κ1) is 19.1. The predicted molar refractivity (Wildman–Crippen MR) is 97.4 cm³/mol. The Morgan fingerprint density at radius 3 is 2.33 bits per heavy atom. The Morgan fingerprint density at radius 2 is 1.74 bits per heavy atom. The Bertz CT molecular complexity index is 748. The maximum absolute atomic E-state index is 12.3. The molecule has 0 aromatic heterocycles. The van der Waals surface area contributed by atoms with Gasteiger partial charge >= 0.3 is 5.97 Å². The minimum absolute atomic E-state index is 0.160. The first-order chi connectivity index (χ1) is 12.9. The maximum atomic E-state index is 12.3. The number of rotatable bonds is 5. The predicted octanol–water partition coefficient (Wildman–Crippen LogP) is 1.18. The van der Waals surface area contributed by atoms with E-state index in [0.717, 1.165) is 5.56 Å². The monoisotopic (exact) mass is 372 g/mol. The number of carbonyl (C=O) groups is 3. The summed E-state index contributed by atoms with van der Waals surface area (Å²) in [6.07, 6.45) is 2.46. The fraction of sp³-hybridized carbons (Fsp3) is 0.450. The Labute approximate surface area is 158 Å². The fourth-order valence-electron chi connectivity index (χ4n) is 3.91. The van der Waals surface area contributed by atoms with Crippen molar-refractivity contribution in [2.45, 2.75) is 57.7 Å². The molecular formula is C20H24N2O5. The summed E-state index contributed by atoms with van der Waals surface area (Å²) in [5.74, 6) is -0.800. The highest BCUT2D eigenvalue weighted by Crippen LogP contribution is 2.37. The molecule has 0 radical (unpaired) electrons. The van der Waals surface area contributed by atoms with E-state index in [1.807, 2.05) is 36.4 Å². The van der Waals surface area contributed by atoms with Crippen LogP contribution in [0.15, 0.2) is 42.5 Å². The van der Waals surface area contributed by atoms with Crippen LogP contribution in [0.1, 0.15) is 26.3 Å². The van der Waals surface area contributed by atoms with Crippen molar-refractivity contribution in [3.05, 3.63) is 48.0 Å². The quantitative estimate of drug-likeness (QED) is 0.620. The van der Waals surface area contributed by atoms with Gasteiger partial charge in [0.15, 0.2) is 6.10 Å². The molecule has 0 saturated carbocycles. The number of benzene rings is 1. The van der Waals surface area contributed by atoms with Crippen molar-refractivity contribution in [2.75, 3.05) is 0 Å². The number of hydrogen-bond acceptors (Lipinski definition) is 5. The Hall–Kier alpha value is -2.67. The summed E-state index contributed by atoms with van der Waals surface area (Å²) >= 11 is 0. The van der Waals surface area contributed by atoms with E-state index >= 15 is 0 Å². The average molecular weight is 372 g/mol. The molecule has 1 N–H and O–H groups in total. The van der Waals surface area contributed by atoms with Gasteiger partial charge in [-0.05, 0) is 5.56 Å². The summed E-state index contributed by atoms with van der Waals surface area (Å²) < 4.78 is 11.7. The molecule has 0 aliphatic carbocycles. The summed E-state index contributed by atoms with van der Waals surface area (Å²) in [4.78, 5) is 37.3. The molecule has 7 nitrogen and oxygen atoms in total. The Morgan fingerprint density at radius 1 is 1.04 bits per heavy atom. The lowest BCUT2D eigenvalue weighted by molar-refractivity contribution is -0.154. The Balaban J connectivity index is 1.91. The van der Waals surface area contributed by atoms with E-state index in [9.17, 15) is 14.4 Å². The number of ether oxygens (including phenoxy) is 2. The summed E-state index contributed by atoms with van der Waals surface area (Å²) in [6, 6.07) is 8.35. The van der Waals surface area contributed by atoms with Crippen LogP contribution in [0, 0.1) is 0 Å². The van der Waals surface area contributed by atoms with Crippen molar-refractivity contribution in [2.24, 2.45) is 0 Å². The van der Waals surface area contributed by atoms with Crippen molar-refractivity contribution >= 4 is 17.8 Å². The van der Waals surface area contributed by atoms with Gasteiger partial charge in [0.2, 0.25) is 11.8 Å². The van der Waals surface area contributed by atoms with Gasteiger partial charge < -0.3 is 19.7 Å². The van der Waals surface area contributed by atoms with Gasteiger partial charge in [-0.1, -0.05) is 42.5 Å². The summed E-state index contributed by atoms with van der Waals surface area (Å²) in [6.45, 7) is 4.54. The van der Waals surface area contributed by atoms with E-state index in [0.29, 0.717) is 6.61 Å². The summed E-state index contributed by atoms with van der Waals surface area (Å²) in [5, 5.41) is 2.86. The highest BCUT2D eigenvalue weighted by Gasteiger charge is 2.56. The number of nitrogens with zero attached hydrogens (tertiary/aromatic N) is 1. The molecule has 2 amide bonds. The number of amides is 2. The number of hydrogen-bond donors (Lipinski definition) is 1. The van der Waals surface area contributed by atoms with E-state index in [-0.39, 0.29) is 11.8 Å². The van der Waals surface area contributed by atoms with Crippen molar-refractivity contribution < 1.29 is 23.9 Å². The van der Waals surface area contributed by atoms with Crippen LogP contribution in [0.5, 0.6) is 0 Å².